The second kappa shape index (κ2) is 7.39. The van der Waals surface area contributed by atoms with Gasteiger partial charge in [0.2, 0.25) is 0 Å². The number of benzene rings is 1. The third kappa shape index (κ3) is 3.41. The molecule has 3 N–H and O–H groups in total. The van der Waals surface area contributed by atoms with Crippen LogP contribution in [0.5, 0.6) is 5.75 Å². The number of aromatic amines is 1. The Balaban J connectivity index is 1.50. The standard InChI is InChI=1S/C22H24N4O3/c27-22(28)13-9-10-16-15(11-13)19-20(25-16)23-12-24-21(19)26-17-7-3-4-8-18(17)29-14-5-1-2-6-14/h3-4,7-8,12-14H,1-2,5-6,9-11H2,(H,27,28)(H2,23,24,25,26). The molecular weight excluding hydrogens is 368 g/mol. The van der Waals surface area contributed by atoms with E-state index in [2.05, 4.69) is 20.3 Å². The summed E-state index contributed by atoms with van der Waals surface area (Å²) >= 11 is 0. The number of hydrogen-bond donors (Lipinski definition) is 3. The lowest BCUT2D eigenvalue weighted by Gasteiger charge is -2.19. The number of aryl methyl sites for hydroxylation is 1. The zero-order valence-electron chi connectivity index (χ0n) is 16.1. The second-order valence-corrected chi connectivity index (χ2v) is 7.95. The molecule has 2 aliphatic rings. The molecule has 7 nitrogen and oxygen atoms in total. The quantitative estimate of drug-likeness (QED) is 0.601. The van der Waals surface area contributed by atoms with E-state index >= 15 is 0 Å². The highest BCUT2D eigenvalue weighted by molar-refractivity contribution is 5.94. The maximum Gasteiger partial charge on any atom is 0.306 e. The minimum atomic E-state index is -0.744. The van der Waals surface area contributed by atoms with Crippen LogP contribution in [0.3, 0.4) is 0 Å². The van der Waals surface area contributed by atoms with E-state index in [9.17, 15) is 9.90 Å². The van der Waals surface area contributed by atoms with Gasteiger partial charge in [0.1, 0.15) is 23.5 Å². The molecular formula is C22H24N4O3. The van der Waals surface area contributed by atoms with E-state index in [1.807, 2.05) is 24.3 Å². The molecule has 1 aromatic carbocycles. The van der Waals surface area contributed by atoms with Crippen molar-refractivity contribution in [3.05, 3.63) is 41.9 Å². The number of aromatic nitrogens is 3. The molecule has 7 heteroatoms. The molecule has 0 amide bonds. The van der Waals surface area contributed by atoms with Gasteiger partial charge in [0.15, 0.2) is 0 Å². The van der Waals surface area contributed by atoms with Gasteiger partial charge in [-0.2, -0.15) is 0 Å². The summed E-state index contributed by atoms with van der Waals surface area (Å²) in [5.41, 5.74) is 3.68. The lowest BCUT2D eigenvalue weighted by atomic mass is 9.86. The number of fused-ring (bicyclic) bond motifs is 3. The van der Waals surface area contributed by atoms with Gasteiger partial charge in [-0.05, 0) is 62.6 Å². The van der Waals surface area contributed by atoms with E-state index in [4.69, 9.17) is 4.74 Å². The first-order chi connectivity index (χ1) is 14.2. The lowest BCUT2D eigenvalue weighted by Crippen LogP contribution is -2.21. The molecule has 0 radical (unpaired) electrons. The Bertz CT molecular complexity index is 1060. The summed E-state index contributed by atoms with van der Waals surface area (Å²) in [5, 5.41) is 13.8. The summed E-state index contributed by atoms with van der Waals surface area (Å²) in [5.74, 6) is 0.388. The van der Waals surface area contributed by atoms with E-state index in [0.29, 0.717) is 25.1 Å². The Labute approximate surface area is 168 Å². The van der Waals surface area contributed by atoms with Crippen LogP contribution in [0.15, 0.2) is 30.6 Å². The first-order valence-electron chi connectivity index (χ1n) is 10.3. The van der Waals surface area contributed by atoms with E-state index in [-0.39, 0.29) is 12.0 Å². The van der Waals surface area contributed by atoms with Crippen molar-refractivity contribution in [2.75, 3.05) is 5.32 Å². The normalized spacial score (nSPS) is 19.2. The van der Waals surface area contributed by atoms with Gasteiger partial charge < -0.3 is 20.1 Å². The summed E-state index contributed by atoms with van der Waals surface area (Å²) in [7, 11) is 0. The van der Waals surface area contributed by atoms with Crippen LogP contribution in [0.4, 0.5) is 11.5 Å². The largest absolute Gasteiger partial charge is 0.488 e. The van der Waals surface area contributed by atoms with Crippen LogP contribution in [0.2, 0.25) is 0 Å². The van der Waals surface area contributed by atoms with Crippen molar-refractivity contribution >= 4 is 28.5 Å². The minimum Gasteiger partial charge on any atom is -0.488 e. The van der Waals surface area contributed by atoms with Gasteiger partial charge >= 0.3 is 5.97 Å². The number of H-pyrrole nitrogens is 1. The van der Waals surface area contributed by atoms with Gasteiger partial charge in [-0.3, -0.25) is 4.79 Å². The number of rotatable bonds is 5. The van der Waals surface area contributed by atoms with E-state index < -0.39 is 5.97 Å². The van der Waals surface area contributed by atoms with Crippen molar-refractivity contribution in [2.45, 2.75) is 51.0 Å². The number of carboxylic acids is 1. The number of para-hydroxylation sites is 2. The Morgan fingerprint density at radius 3 is 2.83 bits per heavy atom. The summed E-state index contributed by atoms with van der Waals surface area (Å²) in [4.78, 5) is 23.8. The fourth-order valence-corrected chi connectivity index (χ4v) is 4.53. The smallest absolute Gasteiger partial charge is 0.306 e. The zero-order valence-corrected chi connectivity index (χ0v) is 16.1. The van der Waals surface area contributed by atoms with Crippen molar-refractivity contribution in [3.63, 3.8) is 0 Å². The summed E-state index contributed by atoms with van der Waals surface area (Å²) in [6.07, 6.45) is 8.25. The minimum absolute atomic E-state index is 0.264. The Morgan fingerprint density at radius 2 is 2.00 bits per heavy atom. The topological polar surface area (TPSA) is 100 Å². The highest BCUT2D eigenvalue weighted by Crippen LogP contribution is 2.37. The third-order valence-electron chi connectivity index (χ3n) is 6.06. The Hall–Kier alpha value is -3.09. The Kier molecular flexibility index (Phi) is 4.58. The van der Waals surface area contributed by atoms with Gasteiger partial charge in [-0.15, -0.1) is 0 Å². The first-order valence-corrected chi connectivity index (χ1v) is 10.3. The van der Waals surface area contributed by atoms with Crippen molar-refractivity contribution in [1.82, 2.24) is 15.0 Å². The highest BCUT2D eigenvalue weighted by atomic mass is 16.5. The maximum atomic E-state index is 11.5. The molecule has 1 fully saturated rings. The molecule has 150 valence electrons. The fraction of sp³-hybridized carbons (Fsp3) is 0.409. The maximum absolute atomic E-state index is 11.5. The summed E-state index contributed by atoms with van der Waals surface area (Å²) in [6.45, 7) is 0. The highest BCUT2D eigenvalue weighted by Gasteiger charge is 2.29. The number of aliphatic carboxylic acids is 1. The van der Waals surface area contributed by atoms with Crippen molar-refractivity contribution in [2.24, 2.45) is 5.92 Å². The molecule has 1 atom stereocenters. The molecule has 0 spiro atoms. The van der Waals surface area contributed by atoms with Gasteiger partial charge in [-0.1, -0.05) is 12.1 Å². The van der Waals surface area contributed by atoms with Crippen LogP contribution in [-0.4, -0.2) is 32.1 Å². The van der Waals surface area contributed by atoms with Gasteiger partial charge in [0, 0.05) is 5.69 Å². The van der Waals surface area contributed by atoms with Crippen LogP contribution in [-0.2, 0) is 17.6 Å². The first kappa shape index (κ1) is 18.0. The second-order valence-electron chi connectivity index (χ2n) is 7.95. The van der Waals surface area contributed by atoms with Gasteiger partial charge in [-0.25, -0.2) is 9.97 Å². The fourth-order valence-electron chi connectivity index (χ4n) is 4.53. The van der Waals surface area contributed by atoms with E-state index in [1.54, 1.807) is 0 Å². The number of anilines is 2. The van der Waals surface area contributed by atoms with Gasteiger partial charge in [0.05, 0.1) is 23.1 Å². The molecule has 1 saturated carbocycles. The zero-order chi connectivity index (χ0) is 19.8. The van der Waals surface area contributed by atoms with Crippen molar-refractivity contribution in [3.8, 4) is 5.75 Å². The SMILES string of the molecule is O=C(O)C1CCc2[nH]c3ncnc(Nc4ccccc4OC4CCCC4)c3c2C1. The molecule has 2 aromatic heterocycles. The molecule has 0 aliphatic heterocycles. The number of carboxylic acid groups (broad SMARTS) is 1. The average Bonchev–Trinajstić information content (AvgIpc) is 3.36. The average molecular weight is 392 g/mol. The van der Waals surface area contributed by atoms with Crippen LogP contribution < -0.4 is 10.1 Å². The van der Waals surface area contributed by atoms with E-state index in [0.717, 1.165) is 46.6 Å². The number of nitrogens with zero attached hydrogens (tertiary/aromatic N) is 2. The predicted octanol–water partition coefficient (Wildman–Crippen LogP) is 4.21. The summed E-state index contributed by atoms with van der Waals surface area (Å²) < 4.78 is 6.24. The van der Waals surface area contributed by atoms with E-state index in [1.165, 1.54) is 19.2 Å². The number of hydrogen-bond acceptors (Lipinski definition) is 5. The van der Waals surface area contributed by atoms with Crippen LogP contribution in [0, 0.1) is 5.92 Å². The number of ether oxygens (including phenoxy) is 1. The molecule has 2 heterocycles. The van der Waals surface area contributed by atoms with Crippen LogP contribution >= 0.6 is 0 Å². The van der Waals surface area contributed by atoms with Gasteiger partial charge in [0.25, 0.3) is 0 Å². The number of carbonyl (C=O) groups is 1. The molecule has 3 aromatic rings. The lowest BCUT2D eigenvalue weighted by molar-refractivity contribution is -0.142. The van der Waals surface area contributed by atoms with Crippen molar-refractivity contribution < 1.29 is 14.6 Å². The van der Waals surface area contributed by atoms with Crippen molar-refractivity contribution in [1.29, 1.82) is 0 Å². The molecule has 1 unspecified atom stereocenters. The molecule has 0 bridgehead atoms. The Morgan fingerprint density at radius 1 is 1.17 bits per heavy atom. The molecule has 5 rings (SSSR count). The molecule has 0 saturated heterocycles. The monoisotopic (exact) mass is 392 g/mol. The molecule has 29 heavy (non-hydrogen) atoms. The number of nitrogens with one attached hydrogen (secondary N) is 2. The third-order valence-corrected chi connectivity index (χ3v) is 6.06. The molecule has 2 aliphatic carbocycles. The van der Waals surface area contributed by atoms with Crippen LogP contribution in [0.1, 0.15) is 43.4 Å². The van der Waals surface area contributed by atoms with Crippen LogP contribution in [0.25, 0.3) is 11.0 Å². The predicted molar refractivity (Wildman–Crippen MR) is 110 cm³/mol. The summed E-state index contributed by atoms with van der Waals surface area (Å²) in [6, 6.07) is 7.90.